The van der Waals surface area contributed by atoms with Crippen molar-refractivity contribution in [1.29, 1.82) is 0 Å². The average Bonchev–Trinajstić information content (AvgIpc) is 2.58. The van der Waals surface area contributed by atoms with Gasteiger partial charge in [0.25, 0.3) is 0 Å². The Labute approximate surface area is 146 Å². The van der Waals surface area contributed by atoms with Gasteiger partial charge in [-0.05, 0) is 56.3 Å². The van der Waals surface area contributed by atoms with Gasteiger partial charge in [-0.25, -0.2) is 5.43 Å². The summed E-state index contributed by atoms with van der Waals surface area (Å²) in [5.41, 5.74) is 2.11. The summed E-state index contributed by atoms with van der Waals surface area (Å²) >= 11 is 0. The molecule has 0 saturated heterocycles. The van der Waals surface area contributed by atoms with Crippen LogP contribution in [0.5, 0.6) is 0 Å². The van der Waals surface area contributed by atoms with Gasteiger partial charge in [-0.1, -0.05) is 0 Å². The van der Waals surface area contributed by atoms with E-state index >= 15 is 0 Å². The lowest BCUT2D eigenvalue weighted by Crippen LogP contribution is -2.53. The molecule has 4 bridgehead atoms. The van der Waals surface area contributed by atoms with Gasteiger partial charge in [0.05, 0.1) is 18.2 Å². The van der Waals surface area contributed by atoms with Crippen molar-refractivity contribution in [2.75, 3.05) is 6.61 Å². The SMILES string of the molecule is O=C(NN=CC(O)C(O)C(O)C(O)CO)C12CC3CC(CC(C3)C1)C2. The lowest BCUT2D eigenvalue weighted by molar-refractivity contribution is -0.146. The fourth-order valence-electron chi connectivity index (χ4n) is 5.31. The number of aliphatic hydroxyl groups is 5. The van der Waals surface area contributed by atoms with Crippen molar-refractivity contribution < 1.29 is 30.3 Å². The Hall–Kier alpha value is -1.06. The predicted molar refractivity (Wildman–Crippen MR) is 88.4 cm³/mol. The van der Waals surface area contributed by atoms with Crippen molar-refractivity contribution in [3.05, 3.63) is 0 Å². The topological polar surface area (TPSA) is 143 Å². The van der Waals surface area contributed by atoms with Crippen LogP contribution in [-0.4, -0.2) is 68.7 Å². The second-order valence-electron chi connectivity index (χ2n) is 8.14. The molecule has 4 aliphatic rings. The molecule has 0 spiro atoms. The number of nitrogens with one attached hydrogen (secondary N) is 1. The number of hydrazone groups is 1. The van der Waals surface area contributed by atoms with E-state index in [-0.39, 0.29) is 11.3 Å². The third kappa shape index (κ3) is 3.73. The van der Waals surface area contributed by atoms with Crippen LogP contribution in [0, 0.1) is 23.2 Å². The zero-order chi connectivity index (χ0) is 18.2. The van der Waals surface area contributed by atoms with E-state index in [2.05, 4.69) is 10.5 Å². The number of hydrogen-bond donors (Lipinski definition) is 6. The molecule has 1 amide bonds. The molecule has 4 unspecified atom stereocenters. The van der Waals surface area contributed by atoms with Crippen LogP contribution in [0.25, 0.3) is 0 Å². The van der Waals surface area contributed by atoms with Gasteiger partial charge < -0.3 is 25.5 Å². The van der Waals surface area contributed by atoms with E-state index in [1.807, 2.05) is 0 Å². The largest absolute Gasteiger partial charge is 0.394 e. The molecule has 0 aromatic heterocycles. The molecule has 0 radical (unpaired) electrons. The van der Waals surface area contributed by atoms with E-state index in [1.165, 1.54) is 19.3 Å². The fourth-order valence-corrected chi connectivity index (χ4v) is 5.31. The Balaban J connectivity index is 1.54. The number of hydrogen-bond acceptors (Lipinski definition) is 7. The van der Waals surface area contributed by atoms with Gasteiger partial charge >= 0.3 is 0 Å². The lowest BCUT2D eigenvalue weighted by Gasteiger charge is -2.55. The summed E-state index contributed by atoms with van der Waals surface area (Å²) in [6, 6.07) is 0. The fraction of sp³-hybridized carbons (Fsp3) is 0.882. The van der Waals surface area contributed by atoms with Gasteiger partial charge in [0.1, 0.15) is 24.4 Å². The third-order valence-corrected chi connectivity index (χ3v) is 6.19. The molecule has 6 N–H and O–H groups in total. The van der Waals surface area contributed by atoms with Crippen LogP contribution in [0.1, 0.15) is 38.5 Å². The maximum atomic E-state index is 12.6. The van der Waals surface area contributed by atoms with Gasteiger partial charge in [0.15, 0.2) is 0 Å². The van der Waals surface area contributed by atoms with Crippen molar-refractivity contribution in [3.63, 3.8) is 0 Å². The van der Waals surface area contributed by atoms with Crippen LogP contribution >= 0.6 is 0 Å². The van der Waals surface area contributed by atoms with Crippen LogP contribution in [-0.2, 0) is 4.79 Å². The first-order valence-corrected chi connectivity index (χ1v) is 9.01. The minimum atomic E-state index is -1.72. The smallest absolute Gasteiger partial charge is 0.246 e. The number of rotatable bonds is 7. The molecule has 0 aromatic carbocycles. The van der Waals surface area contributed by atoms with Gasteiger partial charge in [-0.2, -0.15) is 5.10 Å². The summed E-state index contributed by atoms with van der Waals surface area (Å²) < 4.78 is 0. The van der Waals surface area contributed by atoms with Crippen LogP contribution < -0.4 is 5.43 Å². The van der Waals surface area contributed by atoms with E-state index in [0.717, 1.165) is 25.5 Å². The van der Waals surface area contributed by atoms with Crippen LogP contribution in [0.2, 0.25) is 0 Å². The quantitative estimate of drug-likeness (QED) is 0.248. The molecule has 4 atom stereocenters. The minimum Gasteiger partial charge on any atom is -0.394 e. The Morgan fingerprint density at radius 3 is 2.04 bits per heavy atom. The average molecular weight is 356 g/mol. The lowest BCUT2D eigenvalue weighted by atomic mass is 9.49. The summed E-state index contributed by atoms with van der Waals surface area (Å²) in [5.74, 6) is 1.75. The van der Waals surface area contributed by atoms with E-state index in [1.54, 1.807) is 0 Å². The molecule has 0 aromatic rings. The Bertz CT molecular complexity index is 490. The maximum Gasteiger partial charge on any atom is 0.246 e. The highest BCUT2D eigenvalue weighted by Crippen LogP contribution is 2.60. The predicted octanol–water partition coefficient (Wildman–Crippen LogP) is -1.26. The zero-order valence-corrected chi connectivity index (χ0v) is 14.2. The summed E-state index contributed by atoms with van der Waals surface area (Å²) in [6.07, 6.45) is 0.715. The van der Waals surface area contributed by atoms with Crippen molar-refractivity contribution in [3.8, 4) is 0 Å². The molecule has 8 heteroatoms. The summed E-state index contributed by atoms with van der Waals surface area (Å²) in [6.45, 7) is -0.745. The van der Waals surface area contributed by atoms with E-state index in [4.69, 9.17) is 5.11 Å². The molecule has 8 nitrogen and oxygen atoms in total. The molecular weight excluding hydrogens is 328 g/mol. The number of carbonyl (C=O) groups excluding carboxylic acids is 1. The van der Waals surface area contributed by atoms with E-state index in [9.17, 15) is 25.2 Å². The van der Waals surface area contributed by atoms with Crippen molar-refractivity contribution in [1.82, 2.24) is 5.43 Å². The van der Waals surface area contributed by atoms with Gasteiger partial charge in [0.2, 0.25) is 5.91 Å². The van der Waals surface area contributed by atoms with Gasteiger partial charge in [-0.3, -0.25) is 4.79 Å². The molecule has 4 aliphatic carbocycles. The molecule has 0 aliphatic heterocycles. The molecule has 4 rings (SSSR count). The van der Waals surface area contributed by atoms with Crippen LogP contribution in [0.15, 0.2) is 5.10 Å². The first-order valence-electron chi connectivity index (χ1n) is 9.01. The van der Waals surface area contributed by atoms with E-state index in [0.29, 0.717) is 17.8 Å². The van der Waals surface area contributed by atoms with E-state index < -0.39 is 31.0 Å². The summed E-state index contributed by atoms with van der Waals surface area (Å²) in [4.78, 5) is 12.6. The van der Waals surface area contributed by atoms with Crippen LogP contribution in [0.4, 0.5) is 0 Å². The number of aliphatic hydroxyl groups excluding tert-OH is 5. The molecular formula is C17H28N2O6. The normalized spacial score (nSPS) is 38.5. The molecule has 4 fully saturated rings. The Kier molecular flexibility index (Phi) is 5.45. The standard InChI is InChI=1S/C17H28N2O6/c20-8-13(22)15(24)14(23)12(21)7-18-19-16(25)17-4-9-1-10(5-17)3-11(2-9)6-17/h7,9-15,20-24H,1-6,8H2,(H,19,25). The second kappa shape index (κ2) is 7.28. The van der Waals surface area contributed by atoms with Crippen molar-refractivity contribution in [2.24, 2.45) is 28.3 Å². The summed E-state index contributed by atoms with van der Waals surface area (Å²) in [5, 5.41) is 50.8. The second-order valence-corrected chi connectivity index (χ2v) is 8.14. The molecule has 4 saturated carbocycles. The highest BCUT2D eigenvalue weighted by Gasteiger charge is 2.54. The third-order valence-electron chi connectivity index (χ3n) is 6.19. The van der Waals surface area contributed by atoms with Crippen LogP contribution in [0.3, 0.4) is 0 Å². The Morgan fingerprint density at radius 2 is 1.56 bits per heavy atom. The number of carbonyl (C=O) groups is 1. The first kappa shape index (κ1) is 18.7. The molecule has 142 valence electrons. The zero-order valence-electron chi connectivity index (χ0n) is 14.2. The van der Waals surface area contributed by atoms with Gasteiger partial charge in [0, 0.05) is 0 Å². The monoisotopic (exact) mass is 356 g/mol. The highest BCUT2D eigenvalue weighted by molar-refractivity contribution is 5.83. The number of nitrogens with zero attached hydrogens (tertiary/aromatic N) is 1. The molecule has 0 heterocycles. The molecule has 25 heavy (non-hydrogen) atoms. The van der Waals surface area contributed by atoms with Gasteiger partial charge in [-0.15, -0.1) is 0 Å². The highest BCUT2D eigenvalue weighted by atomic mass is 16.4. The minimum absolute atomic E-state index is 0.138. The number of amides is 1. The van der Waals surface area contributed by atoms with Crippen molar-refractivity contribution in [2.45, 2.75) is 62.9 Å². The Morgan fingerprint density at radius 1 is 1.04 bits per heavy atom. The maximum absolute atomic E-state index is 12.6. The summed E-state index contributed by atoms with van der Waals surface area (Å²) in [7, 11) is 0. The van der Waals surface area contributed by atoms with Crippen molar-refractivity contribution >= 4 is 12.1 Å². The first-order chi connectivity index (χ1) is 11.8.